The molecule has 1 rings (SSSR count). The van der Waals surface area contributed by atoms with Crippen molar-refractivity contribution in [2.24, 2.45) is 11.3 Å². The Balaban J connectivity index is 2.70. The van der Waals surface area contributed by atoms with Crippen LogP contribution in [0, 0.1) is 11.3 Å². The van der Waals surface area contributed by atoms with E-state index in [1.165, 1.54) is 0 Å². The van der Waals surface area contributed by atoms with Crippen molar-refractivity contribution >= 4 is 0 Å². The quantitative estimate of drug-likeness (QED) is 0.680. The number of aliphatic hydroxyl groups excluding tert-OH is 1. The Morgan fingerprint density at radius 1 is 1.38 bits per heavy atom. The topological polar surface area (TPSA) is 29.5 Å². The van der Waals surface area contributed by atoms with Crippen molar-refractivity contribution in [1.29, 1.82) is 0 Å². The zero-order valence-electron chi connectivity index (χ0n) is 9.37. The molecule has 0 bridgehead atoms. The van der Waals surface area contributed by atoms with Gasteiger partial charge in [0, 0.05) is 0 Å². The zero-order chi connectivity index (χ0) is 10.2. The van der Waals surface area contributed by atoms with Crippen LogP contribution in [-0.2, 0) is 4.74 Å². The van der Waals surface area contributed by atoms with Crippen LogP contribution >= 0.6 is 0 Å². The molecule has 0 radical (unpaired) electrons. The van der Waals surface area contributed by atoms with Gasteiger partial charge in [0.25, 0.3) is 0 Å². The molecule has 78 valence electrons. The van der Waals surface area contributed by atoms with Crippen molar-refractivity contribution in [3.63, 3.8) is 0 Å². The minimum atomic E-state index is -0.331. The Kier molecular flexibility index (Phi) is 3.03. The second-order valence-electron chi connectivity index (χ2n) is 5.26. The highest BCUT2D eigenvalue weighted by molar-refractivity contribution is 4.90. The molecule has 3 atom stereocenters. The number of aliphatic hydroxyl groups is 1. The molecular weight excluding hydrogens is 164 g/mol. The molecule has 0 saturated carbocycles. The predicted molar refractivity (Wildman–Crippen MR) is 53.6 cm³/mol. The molecule has 0 amide bonds. The van der Waals surface area contributed by atoms with Gasteiger partial charge in [0.2, 0.25) is 0 Å². The Labute approximate surface area is 81.3 Å². The van der Waals surface area contributed by atoms with Gasteiger partial charge in [-0.3, -0.25) is 0 Å². The van der Waals surface area contributed by atoms with Crippen LogP contribution in [0.15, 0.2) is 0 Å². The van der Waals surface area contributed by atoms with E-state index in [0.29, 0.717) is 12.0 Å². The zero-order valence-corrected chi connectivity index (χ0v) is 9.37. The van der Waals surface area contributed by atoms with E-state index in [1.54, 1.807) is 0 Å². The molecule has 0 aromatic heterocycles. The Hall–Kier alpha value is -0.0800. The molecule has 1 N–H and O–H groups in total. The average Bonchev–Trinajstić information content (AvgIpc) is 1.99. The number of hydrogen-bond donors (Lipinski definition) is 1. The second kappa shape index (κ2) is 3.58. The fourth-order valence-corrected chi connectivity index (χ4v) is 2.07. The summed E-state index contributed by atoms with van der Waals surface area (Å²) in [7, 11) is 0. The Bertz CT molecular complexity index is 175. The van der Waals surface area contributed by atoms with Crippen molar-refractivity contribution in [3.05, 3.63) is 0 Å². The van der Waals surface area contributed by atoms with E-state index in [1.807, 2.05) is 6.92 Å². The van der Waals surface area contributed by atoms with Crippen LogP contribution < -0.4 is 0 Å². The minimum Gasteiger partial charge on any atom is -0.390 e. The van der Waals surface area contributed by atoms with Crippen LogP contribution in [0.25, 0.3) is 0 Å². The lowest BCUT2D eigenvalue weighted by molar-refractivity contribution is -0.175. The first-order valence-electron chi connectivity index (χ1n) is 5.18. The maximum Gasteiger partial charge on any atom is 0.0850 e. The first kappa shape index (κ1) is 11.0. The van der Waals surface area contributed by atoms with Crippen LogP contribution in [0.5, 0.6) is 0 Å². The highest BCUT2D eigenvalue weighted by atomic mass is 16.5. The summed E-state index contributed by atoms with van der Waals surface area (Å²) < 4.78 is 5.75. The van der Waals surface area contributed by atoms with E-state index < -0.39 is 0 Å². The molecule has 13 heavy (non-hydrogen) atoms. The molecule has 2 nitrogen and oxygen atoms in total. The van der Waals surface area contributed by atoms with Gasteiger partial charge in [0.05, 0.1) is 18.3 Å². The Morgan fingerprint density at radius 3 is 2.31 bits per heavy atom. The number of ether oxygens (including phenoxy) is 1. The third-order valence-electron chi connectivity index (χ3n) is 3.11. The first-order valence-corrected chi connectivity index (χ1v) is 5.18. The molecule has 1 unspecified atom stereocenters. The van der Waals surface area contributed by atoms with E-state index in [2.05, 4.69) is 27.7 Å². The van der Waals surface area contributed by atoms with Crippen LogP contribution in [0.4, 0.5) is 0 Å². The SMILES string of the molecule is CC(C)C1CC(C)(C)[C@@H](O)[C@H](C)O1. The first-order chi connectivity index (χ1) is 5.84. The van der Waals surface area contributed by atoms with Crippen LogP contribution in [0.1, 0.15) is 41.0 Å². The molecular formula is C11H22O2. The molecule has 1 saturated heterocycles. The molecule has 1 aliphatic heterocycles. The van der Waals surface area contributed by atoms with Crippen LogP contribution in [0.2, 0.25) is 0 Å². The van der Waals surface area contributed by atoms with Crippen molar-refractivity contribution in [3.8, 4) is 0 Å². The van der Waals surface area contributed by atoms with E-state index in [9.17, 15) is 5.11 Å². The molecule has 0 aromatic carbocycles. The molecule has 1 aliphatic rings. The fraction of sp³-hybridized carbons (Fsp3) is 1.00. The molecule has 0 spiro atoms. The third kappa shape index (κ3) is 2.23. The summed E-state index contributed by atoms with van der Waals surface area (Å²) in [6.07, 6.45) is 0.892. The molecule has 2 heteroatoms. The number of hydrogen-bond acceptors (Lipinski definition) is 2. The summed E-state index contributed by atoms with van der Waals surface area (Å²) in [6, 6.07) is 0. The van der Waals surface area contributed by atoms with Gasteiger partial charge in [0.15, 0.2) is 0 Å². The van der Waals surface area contributed by atoms with Gasteiger partial charge in [0.1, 0.15) is 0 Å². The lowest BCUT2D eigenvalue weighted by Gasteiger charge is -2.44. The molecule has 1 fully saturated rings. The van der Waals surface area contributed by atoms with Gasteiger partial charge in [-0.1, -0.05) is 27.7 Å². The van der Waals surface area contributed by atoms with Crippen LogP contribution in [0.3, 0.4) is 0 Å². The summed E-state index contributed by atoms with van der Waals surface area (Å²) >= 11 is 0. The van der Waals surface area contributed by atoms with E-state index in [0.717, 1.165) is 6.42 Å². The van der Waals surface area contributed by atoms with E-state index in [-0.39, 0.29) is 17.6 Å². The second-order valence-corrected chi connectivity index (χ2v) is 5.26. The largest absolute Gasteiger partial charge is 0.390 e. The summed E-state index contributed by atoms with van der Waals surface area (Å²) in [5.41, 5.74) is -0.00734. The minimum absolute atomic E-state index is 0.00734. The summed E-state index contributed by atoms with van der Waals surface area (Å²) in [6.45, 7) is 10.5. The van der Waals surface area contributed by atoms with Crippen molar-refractivity contribution in [2.75, 3.05) is 0 Å². The van der Waals surface area contributed by atoms with E-state index in [4.69, 9.17) is 4.74 Å². The summed E-state index contributed by atoms with van der Waals surface area (Å²) in [4.78, 5) is 0. The van der Waals surface area contributed by atoms with Gasteiger partial charge in [-0.2, -0.15) is 0 Å². The van der Waals surface area contributed by atoms with Crippen molar-refractivity contribution in [1.82, 2.24) is 0 Å². The highest BCUT2D eigenvalue weighted by Gasteiger charge is 2.41. The lowest BCUT2D eigenvalue weighted by atomic mass is 9.75. The highest BCUT2D eigenvalue weighted by Crippen LogP contribution is 2.38. The predicted octanol–water partition coefficient (Wildman–Crippen LogP) is 2.21. The third-order valence-corrected chi connectivity index (χ3v) is 3.11. The lowest BCUT2D eigenvalue weighted by Crippen LogP contribution is -2.49. The molecule has 1 heterocycles. The maximum absolute atomic E-state index is 9.88. The summed E-state index contributed by atoms with van der Waals surface area (Å²) in [5.74, 6) is 0.536. The van der Waals surface area contributed by atoms with E-state index >= 15 is 0 Å². The standard InChI is InChI=1S/C11H22O2/c1-7(2)9-6-11(4,5)10(12)8(3)13-9/h7-10,12H,6H2,1-5H3/t8-,9?,10-/m0/s1. The number of rotatable bonds is 1. The van der Waals surface area contributed by atoms with Gasteiger partial charge in [-0.25, -0.2) is 0 Å². The van der Waals surface area contributed by atoms with Gasteiger partial charge in [-0.05, 0) is 24.7 Å². The van der Waals surface area contributed by atoms with Gasteiger partial charge >= 0.3 is 0 Å². The van der Waals surface area contributed by atoms with Crippen LogP contribution in [-0.4, -0.2) is 23.4 Å². The fourth-order valence-electron chi connectivity index (χ4n) is 2.07. The smallest absolute Gasteiger partial charge is 0.0850 e. The van der Waals surface area contributed by atoms with Gasteiger partial charge in [-0.15, -0.1) is 0 Å². The summed E-state index contributed by atoms with van der Waals surface area (Å²) in [5, 5.41) is 9.88. The maximum atomic E-state index is 9.88. The monoisotopic (exact) mass is 186 g/mol. The molecule has 0 aliphatic carbocycles. The van der Waals surface area contributed by atoms with Crippen molar-refractivity contribution in [2.45, 2.75) is 59.4 Å². The normalized spacial score (nSPS) is 39.5. The van der Waals surface area contributed by atoms with Gasteiger partial charge < -0.3 is 9.84 Å². The average molecular weight is 186 g/mol. The Morgan fingerprint density at radius 2 is 1.92 bits per heavy atom. The van der Waals surface area contributed by atoms with Crippen molar-refractivity contribution < 1.29 is 9.84 Å². The molecule has 0 aromatic rings.